The highest BCUT2D eigenvalue weighted by atomic mass is 16.3. The van der Waals surface area contributed by atoms with Gasteiger partial charge in [0.25, 0.3) is 0 Å². The van der Waals surface area contributed by atoms with Gasteiger partial charge >= 0.3 is 0 Å². The van der Waals surface area contributed by atoms with Crippen LogP contribution in [0.4, 0.5) is 0 Å². The van der Waals surface area contributed by atoms with Gasteiger partial charge in [0.05, 0.1) is 0 Å². The Morgan fingerprint density at radius 3 is 2.61 bits per heavy atom. The fourth-order valence-electron chi connectivity index (χ4n) is 1.89. The third-order valence-electron chi connectivity index (χ3n) is 2.99. The minimum absolute atomic E-state index is 0.104. The third-order valence-corrected chi connectivity index (χ3v) is 2.99. The molecule has 1 aliphatic rings. The molecule has 0 unspecified atom stereocenters. The summed E-state index contributed by atoms with van der Waals surface area (Å²) >= 11 is 0. The molecule has 0 saturated carbocycles. The molecule has 4 heteroatoms. The van der Waals surface area contributed by atoms with Crippen LogP contribution in [0.5, 0.6) is 11.5 Å². The van der Waals surface area contributed by atoms with Crippen molar-refractivity contribution in [3.05, 3.63) is 42.1 Å². The largest absolute Gasteiger partial charge is 0.504 e. The van der Waals surface area contributed by atoms with Gasteiger partial charge < -0.3 is 20.4 Å². The zero-order chi connectivity index (χ0) is 13.0. The highest BCUT2D eigenvalue weighted by Crippen LogP contribution is 2.25. The monoisotopic (exact) mass is 246 g/mol. The summed E-state index contributed by atoms with van der Waals surface area (Å²) in [4.78, 5) is 2.22. The number of aromatic hydroxyl groups is 2. The van der Waals surface area contributed by atoms with Gasteiger partial charge in [-0.3, -0.25) is 0 Å². The van der Waals surface area contributed by atoms with Crippen molar-refractivity contribution in [3.8, 4) is 11.5 Å². The molecule has 18 heavy (non-hydrogen) atoms. The Balaban J connectivity index is 2.01. The Morgan fingerprint density at radius 1 is 1.22 bits per heavy atom. The first-order chi connectivity index (χ1) is 8.66. The summed E-state index contributed by atoms with van der Waals surface area (Å²) in [6.45, 7) is 7.92. The molecule has 1 heterocycles. The van der Waals surface area contributed by atoms with Crippen molar-refractivity contribution >= 4 is 6.08 Å². The van der Waals surface area contributed by atoms with Gasteiger partial charge in [-0.2, -0.15) is 0 Å². The maximum atomic E-state index is 9.39. The van der Waals surface area contributed by atoms with Crippen molar-refractivity contribution in [2.75, 3.05) is 26.2 Å². The Labute approximate surface area is 107 Å². The van der Waals surface area contributed by atoms with Gasteiger partial charge in [-0.25, -0.2) is 0 Å². The lowest BCUT2D eigenvalue weighted by molar-refractivity contribution is 0.308. The van der Waals surface area contributed by atoms with Crippen LogP contribution in [-0.2, 0) is 0 Å². The van der Waals surface area contributed by atoms with Crippen molar-refractivity contribution in [2.24, 2.45) is 0 Å². The lowest BCUT2D eigenvalue weighted by atomic mass is 10.1. The van der Waals surface area contributed by atoms with Crippen LogP contribution in [0, 0.1) is 0 Å². The summed E-state index contributed by atoms with van der Waals surface area (Å²) in [6, 6.07) is 4.75. The van der Waals surface area contributed by atoms with Crippen LogP contribution in [-0.4, -0.2) is 41.3 Å². The second-order valence-corrected chi connectivity index (χ2v) is 4.31. The zero-order valence-electron chi connectivity index (χ0n) is 10.3. The molecule has 4 nitrogen and oxygen atoms in total. The van der Waals surface area contributed by atoms with Crippen LogP contribution in [0.15, 0.2) is 36.6 Å². The van der Waals surface area contributed by atoms with Crippen LogP contribution in [0.2, 0.25) is 0 Å². The molecule has 1 aromatic rings. The predicted molar refractivity (Wildman–Crippen MR) is 72.4 cm³/mol. The average Bonchev–Trinajstić information content (AvgIpc) is 2.41. The quantitative estimate of drug-likeness (QED) is 0.559. The summed E-state index contributed by atoms with van der Waals surface area (Å²) in [5.74, 6) is -0.210. The summed E-state index contributed by atoms with van der Waals surface area (Å²) < 4.78 is 0. The van der Waals surface area contributed by atoms with Crippen molar-refractivity contribution in [3.63, 3.8) is 0 Å². The number of nitrogens with one attached hydrogen (secondary N) is 1. The van der Waals surface area contributed by atoms with E-state index >= 15 is 0 Å². The first-order valence-electron chi connectivity index (χ1n) is 6.01. The van der Waals surface area contributed by atoms with Crippen LogP contribution in [0.25, 0.3) is 6.08 Å². The normalized spacial score (nSPS) is 16.1. The second-order valence-electron chi connectivity index (χ2n) is 4.31. The van der Waals surface area contributed by atoms with Gasteiger partial charge in [-0.15, -0.1) is 0 Å². The van der Waals surface area contributed by atoms with Gasteiger partial charge in [-0.05, 0) is 23.8 Å². The molecular formula is C14H18N2O2. The van der Waals surface area contributed by atoms with E-state index in [0.717, 1.165) is 37.4 Å². The first kappa shape index (κ1) is 12.5. The van der Waals surface area contributed by atoms with Gasteiger partial charge in [0, 0.05) is 31.9 Å². The molecule has 0 radical (unpaired) electrons. The van der Waals surface area contributed by atoms with Crippen molar-refractivity contribution in [2.45, 2.75) is 0 Å². The van der Waals surface area contributed by atoms with E-state index in [4.69, 9.17) is 0 Å². The number of rotatable bonds is 3. The standard InChI is InChI=1S/C14H18N2O2/c1-11(16-8-6-15-7-9-16)2-3-12-4-5-13(17)14(18)10-12/h2-5,10,15,17-18H,1,6-9H2/b3-2+. The Bertz CT molecular complexity index is 463. The topological polar surface area (TPSA) is 55.7 Å². The van der Waals surface area contributed by atoms with Gasteiger partial charge in [0.15, 0.2) is 11.5 Å². The molecule has 1 fully saturated rings. The first-order valence-corrected chi connectivity index (χ1v) is 6.01. The lowest BCUT2D eigenvalue weighted by Gasteiger charge is -2.29. The van der Waals surface area contributed by atoms with E-state index < -0.39 is 0 Å². The van der Waals surface area contributed by atoms with E-state index in [1.165, 1.54) is 12.1 Å². The van der Waals surface area contributed by atoms with Crippen molar-refractivity contribution < 1.29 is 10.2 Å². The van der Waals surface area contributed by atoms with E-state index in [1.807, 2.05) is 12.2 Å². The average molecular weight is 246 g/mol. The molecule has 1 aromatic carbocycles. The zero-order valence-corrected chi connectivity index (χ0v) is 10.3. The second kappa shape index (κ2) is 5.60. The smallest absolute Gasteiger partial charge is 0.157 e. The summed E-state index contributed by atoms with van der Waals surface area (Å²) in [7, 11) is 0. The summed E-state index contributed by atoms with van der Waals surface area (Å²) in [6.07, 6.45) is 3.81. The van der Waals surface area contributed by atoms with E-state index in [1.54, 1.807) is 6.07 Å². The van der Waals surface area contributed by atoms with Crippen LogP contribution < -0.4 is 5.32 Å². The lowest BCUT2D eigenvalue weighted by Crippen LogP contribution is -2.42. The van der Waals surface area contributed by atoms with Crippen LogP contribution >= 0.6 is 0 Å². The fourth-order valence-corrected chi connectivity index (χ4v) is 1.89. The molecule has 1 saturated heterocycles. The Hall–Kier alpha value is -1.94. The van der Waals surface area contributed by atoms with Gasteiger partial charge in [0.1, 0.15) is 0 Å². The van der Waals surface area contributed by atoms with E-state index in [9.17, 15) is 10.2 Å². The molecule has 0 aromatic heterocycles. The number of phenols is 2. The molecule has 0 bridgehead atoms. The molecule has 0 atom stereocenters. The minimum atomic E-state index is -0.107. The molecule has 0 amide bonds. The number of nitrogens with zero attached hydrogens (tertiary/aromatic N) is 1. The highest BCUT2D eigenvalue weighted by molar-refractivity contribution is 5.57. The molecule has 2 rings (SSSR count). The fraction of sp³-hybridized carbons (Fsp3) is 0.286. The molecule has 96 valence electrons. The maximum absolute atomic E-state index is 9.39. The van der Waals surface area contributed by atoms with Gasteiger partial charge in [-0.1, -0.05) is 18.7 Å². The maximum Gasteiger partial charge on any atom is 0.157 e. The molecule has 1 aliphatic heterocycles. The van der Waals surface area contributed by atoms with Crippen LogP contribution in [0.3, 0.4) is 0 Å². The van der Waals surface area contributed by atoms with Crippen molar-refractivity contribution in [1.29, 1.82) is 0 Å². The Kier molecular flexibility index (Phi) is 3.89. The van der Waals surface area contributed by atoms with Crippen molar-refractivity contribution in [1.82, 2.24) is 10.2 Å². The Morgan fingerprint density at radius 2 is 1.94 bits per heavy atom. The van der Waals surface area contributed by atoms with Gasteiger partial charge in [0.2, 0.25) is 0 Å². The highest BCUT2D eigenvalue weighted by Gasteiger charge is 2.08. The van der Waals surface area contributed by atoms with E-state index in [0.29, 0.717) is 0 Å². The number of allylic oxidation sites excluding steroid dienone is 1. The van der Waals surface area contributed by atoms with E-state index in [-0.39, 0.29) is 11.5 Å². The molecule has 0 aliphatic carbocycles. The third kappa shape index (κ3) is 3.05. The number of phenolic OH excluding ortho intramolecular Hbond substituents is 2. The summed E-state index contributed by atoms with van der Waals surface area (Å²) in [5.41, 5.74) is 1.80. The van der Waals surface area contributed by atoms with E-state index in [2.05, 4.69) is 16.8 Å². The number of benzene rings is 1. The minimum Gasteiger partial charge on any atom is -0.504 e. The predicted octanol–water partition coefficient (Wildman–Crippen LogP) is 1.53. The molecule has 3 N–H and O–H groups in total. The number of hydrogen-bond donors (Lipinski definition) is 3. The SMILES string of the molecule is C=C(/C=C/c1ccc(O)c(O)c1)N1CCNCC1. The molecule has 0 spiro atoms. The van der Waals surface area contributed by atoms with Crippen LogP contribution in [0.1, 0.15) is 5.56 Å². The summed E-state index contributed by atoms with van der Waals surface area (Å²) in [5, 5.41) is 21.9. The molecular weight excluding hydrogens is 228 g/mol. The number of hydrogen-bond acceptors (Lipinski definition) is 4. The number of piperazine rings is 1.